The van der Waals surface area contributed by atoms with E-state index in [0.717, 1.165) is 38.5 Å². The monoisotopic (exact) mass is 1180 g/mol. The molecule has 0 bridgehead atoms. The van der Waals surface area contributed by atoms with Crippen LogP contribution in [0.1, 0.15) is 399 Å². The molecule has 9 nitrogen and oxygen atoms in total. The van der Waals surface area contributed by atoms with Gasteiger partial charge in [-0.3, -0.25) is 4.79 Å². The van der Waals surface area contributed by atoms with Gasteiger partial charge < -0.3 is 40.3 Å². The number of carbonyl (C=O) groups is 1. The summed E-state index contributed by atoms with van der Waals surface area (Å²) in [5.74, 6) is -0.166. The lowest BCUT2D eigenvalue weighted by Gasteiger charge is -2.40. The number of aliphatic hydroxyl groups excluding tert-OH is 5. The topological polar surface area (TPSA) is 149 Å². The van der Waals surface area contributed by atoms with Gasteiger partial charge >= 0.3 is 0 Å². The van der Waals surface area contributed by atoms with E-state index in [1.807, 2.05) is 6.08 Å². The molecule has 0 radical (unpaired) electrons. The molecular formula is C74H145NO8. The molecule has 83 heavy (non-hydrogen) atoms. The van der Waals surface area contributed by atoms with Crippen molar-refractivity contribution < 1.29 is 39.8 Å². The summed E-state index contributed by atoms with van der Waals surface area (Å²) < 4.78 is 11.3. The first-order valence-electron chi connectivity index (χ1n) is 37.4. The van der Waals surface area contributed by atoms with E-state index in [9.17, 15) is 30.3 Å². The van der Waals surface area contributed by atoms with Crippen LogP contribution in [0, 0.1) is 0 Å². The third kappa shape index (κ3) is 52.6. The smallest absolute Gasteiger partial charge is 0.220 e. The number of nitrogens with one attached hydrogen (secondary N) is 1. The van der Waals surface area contributed by atoms with Crippen LogP contribution in [0.4, 0.5) is 0 Å². The number of ether oxygens (including phenoxy) is 2. The summed E-state index contributed by atoms with van der Waals surface area (Å²) in [6.45, 7) is 3.85. The Labute approximate surface area is 516 Å². The quantitative estimate of drug-likeness (QED) is 0.0261. The zero-order chi connectivity index (χ0) is 60.0. The average molecular weight is 1180 g/mol. The fraction of sp³-hybridized carbons (Fsp3) is 0.959. The Balaban J connectivity index is 2.09. The number of unbranched alkanes of at least 4 members (excludes halogenated alkanes) is 57. The Kier molecular flexibility index (Phi) is 61.6. The highest BCUT2D eigenvalue weighted by Gasteiger charge is 2.44. The first kappa shape index (κ1) is 79.9. The van der Waals surface area contributed by atoms with Crippen molar-refractivity contribution in [3.8, 4) is 0 Å². The van der Waals surface area contributed by atoms with E-state index in [4.69, 9.17) is 9.47 Å². The number of hydrogen-bond donors (Lipinski definition) is 6. The fourth-order valence-electron chi connectivity index (χ4n) is 12.5. The van der Waals surface area contributed by atoms with Crippen molar-refractivity contribution in [2.45, 2.75) is 442 Å². The highest BCUT2D eigenvalue weighted by molar-refractivity contribution is 5.76. The lowest BCUT2D eigenvalue weighted by Crippen LogP contribution is -2.60. The molecule has 0 aromatic carbocycles. The normalized spacial score (nSPS) is 18.2. The molecule has 7 unspecified atom stereocenters. The number of carbonyl (C=O) groups excluding carboxylic acids is 1. The summed E-state index contributed by atoms with van der Waals surface area (Å²) in [7, 11) is 0. The maximum absolute atomic E-state index is 13.1. The molecule has 1 heterocycles. The second-order valence-corrected chi connectivity index (χ2v) is 26.5. The number of allylic oxidation sites excluding steroid dienone is 1. The number of amides is 1. The Morgan fingerprint density at radius 3 is 0.940 bits per heavy atom. The van der Waals surface area contributed by atoms with Gasteiger partial charge in [-0.05, 0) is 19.3 Å². The fourth-order valence-corrected chi connectivity index (χ4v) is 12.5. The van der Waals surface area contributed by atoms with E-state index >= 15 is 0 Å². The summed E-state index contributed by atoms with van der Waals surface area (Å²) in [6, 6.07) is -0.802. The molecule has 1 aliphatic rings. The third-order valence-corrected chi connectivity index (χ3v) is 18.4. The van der Waals surface area contributed by atoms with Crippen molar-refractivity contribution in [1.82, 2.24) is 5.32 Å². The Hall–Kier alpha value is -1.07. The van der Waals surface area contributed by atoms with Crippen LogP contribution in [-0.2, 0) is 14.3 Å². The van der Waals surface area contributed by atoms with E-state index in [-0.39, 0.29) is 12.5 Å². The second kappa shape index (κ2) is 63.9. The first-order valence-corrected chi connectivity index (χ1v) is 37.4. The van der Waals surface area contributed by atoms with Crippen LogP contribution in [0.3, 0.4) is 0 Å². The van der Waals surface area contributed by atoms with Gasteiger partial charge in [0.25, 0.3) is 0 Å². The molecule has 0 aromatic rings. The molecular weight excluding hydrogens is 1030 g/mol. The Bertz CT molecular complexity index is 1320. The van der Waals surface area contributed by atoms with Crippen LogP contribution in [-0.4, -0.2) is 87.5 Å². The van der Waals surface area contributed by atoms with E-state index < -0.39 is 49.5 Å². The lowest BCUT2D eigenvalue weighted by atomic mass is 9.99. The van der Waals surface area contributed by atoms with Gasteiger partial charge in [0, 0.05) is 6.42 Å². The molecule has 1 amide bonds. The number of hydrogen-bond acceptors (Lipinski definition) is 8. The highest BCUT2D eigenvalue weighted by atomic mass is 16.7. The molecule has 0 aromatic heterocycles. The summed E-state index contributed by atoms with van der Waals surface area (Å²) >= 11 is 0. The minimum Gasteiger partial charge on any atom is -0.394 e. The second-order valence-electron chi connectivity index (χ2n) is 26.5. The zero-order valence-electron chi connectivity index (χ0n) is 55.5. The van der Waals surface area contributed by atoms with Gasteiger partial charge in [0.2, 0.25) is 5.91 Å². The molecule has 1 saturated heterocycles. The van der Waals surface area contributed by atoms with Gasteiger partial charge in [-0.15, -0.1) is 0 Å². The number of aliphatic hydroxyl groups is 5. The SMILES string of the molecule is CCCCCCCCCCCCCCCCCCCCCCCCCCCCCCCCC/C=C/C(O)C(COC1OC(CO)C(O)C(O)C1O)NC(=O)CCCCCCCCCCCCCCCCCCCCCCCCCCCCC. The van der Waals surface area contributed by atoms with Gasteiger partial charge in [0.05, 0.1) is 25.4 Å². The summed E-state index contributed by atoms with van der Waals surface area (Å²) in [5.41, 5.74) is 0. The van der Waals surface area contributed by atoms with Crippen LogP contribution in [0.5, 0.6) is 0 Å². The van der Waals surface area contributed by atoms with Gasteiger partial charge in [-0.2, -0.15) is 0 Å². The van der Waals surface area contributed by atoms with Crippen LogP contribution in [0.25, 0.3) is 0 Å². The molecule has 0 aliphatic carbocycles. The van der Waals surface area contributed by atoms with Crippen LogP contribution < -0.4 is 5.32 Å². The number of rotatable bonds is 67. The summed E-state index contributed by atoms with van der Waals surface area (Å²) in [5, 5.41) is 54.8. The largest absolute Gasteiger partial charge is 0.394 e. The van der Waals surface area contributed by atoms with Crippen LogP contribution in [0.2, 0.25) is 0 Å². The van der Waals surface area contributed by atoms with Crippen molar-refractivity contribution in [3.05, 3.63) is 12.2 Å². The van der Waals surface area contributed by atoms with Crippen LogP contribution >= 0.6 is 0 Å². The van der Waals surface area contributed by atoms with Crippen molar-refractivity contribution in [3.63, 3.8) is 0 Å². The molecule has 7 atom stereocenters. The van der Waals surface area contributed by atoms with Gasteiger partial charge in [-0.25, -0.2) is 0 Å². The lowest BCUT2D eigenvalue weighted by molar-refractivity contribution is -0.302. The Morgan fingerprint density at radius 2 is 0.663 bits per heavy atom. The minimum atomic E-state index is -1.56. The molecule has 6 N–H and O–H groups in total. The van der Waals surface area contributed by atoms with E-state index in [1.165, 1.54) is 340 Å². The molecule has 1 fully saturated rings. The molecule has 0 saturated carbocycles. The zero-order valence-corrected chi connectivity index (χ0v) is 55.5. The van der Waals surface area contributed by atoms with E-state index in [2.05, 4.69) is 19.2 Å². The predicted octanol–water partition coefficient (Wildman–Crippen LogP) is 20.7. The molecule has 9 heteroatoms. The minimum absolute atomic E-state index is 0.166. The van der Waals surface area contributed by atoms with Crippen LogP contribution in [0.15, 0.2) is 12.2 Å². The van der Waals surface area contributed by atoms with Crippen molar-refractivity contribution >= 4 is 5.91 Å². The van der Waals surface area contributed by atoms with Crippen molar-refractivity contribution in [2.75, 3.05) is 13.2 Å². The van der Waals surface area contributed by atoms with Gasteiger partial charge in [-0.1, -0.05) is 386 Å². The Morgan fingerprint density at radius 1 is 0.398 bits per heavy atom. The first-order chi connectivity index (χ1) is 40.8. The summed E-state index contributed by atoms with van der Waals surface area (Å²) in [4.78, 5) is 13.1. The summed E-state index contributed by atoms with van der Waals surface area (Å²) in [6.07, 6.45) is 76.3. The molecule has 0 spiro atoms. The highest BCUT2D eigenvalue weighted by Crippen LogP contribution is 2.24. The maximum Gasteiger partial charge on any atom is 0.220 e. The van der Waals surface area contributed by atoms with Gasteiger partial charge in [0.15, 0.2) is 6.29 Å². The van der Waals surface area contributed by atoms with Crippen molar-refractivity contribution in [2.24, 2.45) is 0 Å². The van der Waals surface area contributed by atoms with Gasteiger partial charge in [0.1, 0.15) is 24.4 Å². The standard InChI is InChI=1S/C74H145NO8/c1-3-5-7-9-11-13-15-17-19-21-23-25-27-29-31-32-33-34-35-36-38-39-41-43-45-47-49-51-53-55-57-59-61-63-68(77)67(66-82-74-73(81)72(80)71(79)69(65-76)83-74)75-70(78)64-62-60-58-56-54-52-50-48-46-44-42-40-37-30-28-26-24-22-20-18-16-14-12-10-8-6-4-2/h61,63,67-69,71-74,76-77,79-81H,3-60,62,64-66H2,1-2H3,(H,75,78)/b63-61+. The maximum atomic E-state index is 13.1. The van der Waals surface area contributed by atoms with E-state index in [1.54, 1.807) is 6.08 Å². The predicted molar refractivity (Wildman–Crippen MR) is 355 cm³/mol. The molecule has 494 valence electrons. The van der Waals surface area contributed by atoms with E-state index in [0.29, 0.717) is 6.42 Å². The average Bonchev–Trinajstić information content (AvgIpc) is 3.57. The van der Waals surface area contributed by atoms with Crippen molar-refractivity contribution in [1.29, 1.82) is 0 Å². The molecule has 1 rings (SSSR count). The molecule has 1 aliphatic heterocycles. The third-order valence-electron chi connectivity index (χ3n) is 18.4.